The maximum absolute atomic E-state index is 12.3. The van der Waals surface area contributed by atoms with Gasteiger partial charge in [0.1, 0.15) is 5.75 Å². The Morgan fingerprint density at radius 2 is 1.85 bits per heavy atom. The van der Waals surface area contributed by atoms with Crippen molar-refractivity contribution in [2.45, 2.75) is 13.5 Å². The Balaban J connectivity index is 2.16. The molecule has 4 heteroatoms. The van der Waals surface area contributed by atoms with Crippen LogP contribution in [0.5, 0.6) is 5.75 Å². The van der Waals surface area contributed by atoms with Gasteiger partial charge in [-0.05, 0) is 36.8 Å². The summed E-state index contributed by atoms with van der Waals surface area (Å²) in [7, 11) is 1.71. The number of aromatic hydroxyl groups is 1. The first kappa shape index (κ1) is 14.4. The summed E-state index contributed by atoms with van der Waals surface area (Å²) in [5.41, 5.74) is 2.24. The zero-order chi connectivity index (χ0) is 14.7. The number of amides is 1. The Labute approximate surface area is 123 Å². The van der Waals surface area contributed by atoms with Crippen LogP contribution in [0.25, 0.3) is 0 Å². The summed E-state index contributed by atoms with van der Waals surface area (Å²) in [4.78, 5) is 13.9. The van der Waals surface area contributed by atoms with Crippen LogP contribution in [0.4, 0.5) is 0 Å². The second kappa shape index (κ2) is 5.97. The third-order valence-corrected chi connectivity index (χ3v) is 3.31. The zero-order valence-electron chi connectivity index (χ0n) is 11.4. The molecule has 3 nitrogen and oxygen atoms in total. The second-order valence-electron chi connectivity index (χ2n) is 4.81. The van der Waals surface area contributed by atoms with E-state index in [0.717, 1.165) is 11.1 Å². The van der Waals surface area contributed by atoms with Crippen LogP contribution < -0.4 is 0 Å². The lowest BCUT2D eigenvalue weighted by atomic mass is 10.1. The molecule has 0 aliphatic heterocycles. The van der Waals surface area contributed by atoms with Crippen LogP contribution in [0.3, 0.4) is 0 Å². The van der Waals surface area contributed by atoms with E-state index in [4.69, 9.17) is 11.6 Å². The summed E-state index contributed by atoms with van der Waals surface area (Å²) in [6.07, 6.45) is 0. The van der Waals surface area contributed by atoms with Gasteiger partial charge in [-0.1, -0.05) is 35.4 Å². The van der Waals surface area contributed by atoms with E-state index in [2.05, 4.69) is 0 Å². The molecular weight excluding hydrogens is 274 g/mol. The highest BCUT2D eigenvalue weighted by atomic mass is 35.5. The molecule has 0 bridgehead atoms. The number of phenols is 1. The van der Waals surface area contributed by atoms with Gasteiger partial charge in [-0.2, -0.15) is 0 Å². The highest BCUT2D eigenvalue weighted by Gasteiger charge is 2.16. The predicted molar refractivity (Wildman–Crippen MR) is 80.1 cm³/mol. The standard InChI is InChI=1S/C16H16ClNO2/c1-11-3-8-15(19)14(9-11)16(20)18(2)10-12-4-6-13(17)7-5-12/h3-9,19H,10H2,1-2H3. The summed E-state index contributed by atoms with van der Waals surface area (Å²) < 4.78 is 0. The molecule has 0 aromatic heterocycles. The molecule has 0 heterocycles. The summed E-state index contributed by atoms with van der Waals surface area (Å²) in [6.45, 7) is 2.35. The molecule has 0 aliphatic carbocycles. The minimum atomic E-state index is -0.207. The lowest BCUT2D eigenvalue weighted by molar-refractivity contribution is 0.0782. The third-order valence-electron chi connectivity index (χ3n) is 3.06. The van der Waals surface area contributed by atoms with E-state index < -0.39 is 0 Å². The third kappa shape index (κ3) is 3.31. The fourth-order valence-electron chi connectivity index (χ4n) is 1.96. The number of phenolic OH excluding ortho intramolecular Hbond substituents is 1. The maximum atomic E-state index is 12.3. The molecule has 1 amide bonds. The molecule has 2 aromatic carbocycles. The highest BCUT2D eigenvalue weighted by molar-refractivity contribution is 6.30. The molecule has 1 N–H and O–H groups in total. The number of carbonyl (C=O) groups is 1. The quantitative estimate of drug-likeness (QED) is 0.937. The largest absolute Gasteiger partial charge is 0.507 e. The first-order chi connectivity index (χ1) is 9.47. The van der Waals surface area contributed by atoms with Crippen LogP contribution in [0.1, 0.15) is 21.5 Å². The van der Waals surface area contributed by atoms with E-state index in [9.17, 15) is 9.90 Å². The Hall–Kier alpha value is -2.00. The summed E-state index contributed by atoms with van der Waals surface area (Å²) in [6, 6.07) is 12.3. The zero-order valence-corrected chi connectivity index (χ0v) is 12.2. The molecule has 0 aliphatic rings. The van der Waals surface area contributed by atoms with Crippen molar-refractivity contribution in [1.29, 1.82) is 0 Å². The number of aryl methyl sites for hydroxylation is 1. The van der Waals surface area contributed by atoms with Gasteiger partial charge < -0.3 is 10.0 Å². The minimum absolute atomic E-state index is 0.00329. The Kier molecular flexibility index (Phi) is 4.30. The van der Waals surface area contributed by atoms with Crippen LogP contribution in [-0.2, 0) is 6.54 Å². The SMILES string of the molecule is Cc1ccc(O)c(C(=O)N(C)Cc2ccc(Cl)cc2)c1. The van der Waals surface area contributed by atoms with Crippen LogP contribution in [0.2, 0.25) is 5.02 Å². The molecular formula is C16H16ClNO2. The van der Waals surface area contributed by atoms with Gasteiger partial charge in [-0.15, -0.1) is 0 Å². The molecule has 0 fully saturated rings. The van der Waals surface area contributed by atoms with Crippen LogP contribution in [0, 0.1) is 6.92 Å². The van der Waals surface area contributed by atoms with Crippen molar-refractivity contribution in [3.8, 4) is 5.75 Å². The molecule has 0 saturated heterocycles. The number of nitrogens with zero attached hydrogens (tertiary/aromatic N) is 1. The highest BCUT2D eigenvalue weighted by Crippen LogP contribution is 2.20. The van der Waals surface area contributed by atoms with Crippen molar-refractivity contribution in [1.82, 2.24) is 4.90 Å². The van der Waals surface area contributed by atoms with Crippen LogP contribution >= 0.6 is 11.6 Å². The van der Waals surface area contributed by atoms with Crippen molar-refractivity contribution in [3.05, 3.63) is 64.2 Å². The molecule has 104 valence electrons. The molecule has 20 heavy (non-hydrogen) atoms. The van der Waals surface area contributed by atoms with Crippen molar-refractivity contribution >= 4 is 17.5 Å². The Morgan fingerprint density at radius 1 is 1.20 bits per heavy atom. The topological polar surface area (TPSA) is 40.5 Å². The maximum Gasteiger partial charge on any atom is 0.257 e. The molecule has 0 unspecified atom stereocenters. The van der Waals surface area contributed by atoms with Crippen LogP contribution in [0.15, 0.2) is 42.5 Å². The van der Waals surface area contributed by atoms with Crippen molar-refractivity contribution in [3.63, 3.8) is 0 Å². The monoisotopic (exact) mass is 289 g/mol. The van der Waals surface area contributed by atoms with Gasteiger partial charge in [-0.3, -0.25) is 4.79 Å². The van der Waals surface area contributed by atoms with Crippen LogP contribution in [-0.4, -0.2) is 23.0 Å². The first-order valence-electron chi connectivity index (χ1n) is 6.27. The van der Waals surface area contributed by atoms with Gasteiger partial charge in [0.25, 0.3) is 5.91 Å². The van der Waals surface area contributed by atoms with Gasteiger partial charge in [0, 0.05) is 18.6 Å². The van der Waals surface area contributed by atoms with E-state index in [1.54, 1.807) is 42.3 Å². The van der Waals surface area contributed by atoms with E-state index in [1.807, 2.05) is 19.1 Å². The van der Waals surface area contributed by atoms with Crippen molar-refractivity contribution in [2.75, 3.05) is 7.05 Å². The molecule has 0 atom stereocenters. The van der Waals surface area contributed by atoms with Gasteiger partial charge in [0.05, 0.1) is 5.56 Å². The molecule has 2 aromatic rings. The lowest BCUT2D eigenvalue weighted by Crippen LogP contribution is -2.26. The summed E-state index contributed by atoms with van der Waals surface area (Å²) >= 11 is 5.83. The summed E-state index contributed by atoms with van der Waals surface area (Å²) in [5.74, 6) is -0.204. The van der Waals surface area contributed by atoms with E-state index >= 15 is 0 Å². The average molecular weight is 290 g/mol. The van der Waals surface area contributed by atoms with Gasteiger partial charge in [0.15, 0.2) is 0 Å². The second-order valence-corrected chi connectivity index (χ2v) is 5.24. The number of benzene rings is 2. The average Bonchev–Trinajstić information content (AvgIpc) is 2.43. The number of halogens is 1. The van der Waals surface area contributed by atoms with E-state index in [0.29, 0.717) is 17.1 Å². The number of carbonyl (C=O) groups excluding carboxylic acids is 1. The van der Waals surface area contributed by atoms with Crippen molar-refractivity contribution in [2.24, 2.45) is 0 Å². The normalized spacial score (nSPS) is 10.3. The molecule has 0 saturated carbocycles. The number of rotatable bonds is 3. The smallest absolute Gasteiger partial charge is 0.257 e. The number of hydrogen-bond acceptors (Lipinski definition) is 2. The first-order valence-corrected chi connectivity index (χ1v) is 6.64. The van der Waals surface area contributed by atoms with Crippen molar-refractivity contribution < 1.29 is 9.90 Å². The van der Waals surface area contributed by atoms with Gasteiger partial charge in [-0.25, -0.2) is 0 Å². The molecule has 0 radical (unpaired) electrons. The Bertz CT molecular complexity index is 623. The summed E-state index contributed by atoms with van der Waals surface area (Å²) in [5, 5.41) is 10.5. The van der Waals surface area contributed by atoms with E-state index in [1.165, 1.54) is 0 Å². The lowest BCUT2D eigenvalue weighted by Gasteiger charge is -2.18. The van der Waals surface area contributed by atoms with Gasteiger partial charge in [0.2, 0.25) is 0 Å². The Morgan fingerprint density at radius 3 is 2.50 bits per heavy atom. The fourth-order valence-corrected chi connectivity index (χ4v) is 2.09. The predicted octanol–water partition coefficient (Wildman–Crippen LogP) is 3.63. The van der Waals surface area contributed by atoms with Gasteiger partial charge >= 0.3 is 0 Å². The fraction of sp³-hybridized carbons (Fsp3) is 0.188. The van der Waals surface area contributed by atoms with E-state index in [-0.39, 0.29) is 11.7 Å². The molecule has 0 spiro atoms. The minimum Gasteiger partial charge on any atom is -0.507 e. The molecule has 2 rings (SSSR count). The number of hydrogen-bond donors (Lipinski definition) is 1.